The molecule has 0 saturated carbocycles. The van der Waals surface area contributed by atoms with Crippen LogP contribution in [0.3, 0.4) is 0 Å². The van der Waals surface area contributed by atoms with Gasteiger partial charge in [-0.1, -0.05) is 11.6 Å². The van der Waals surface area contributed by atoms with Gasteiger partial charge in [0.05, 0.1) is 17.7 Å². The smallest absolute Gasteiger partial charge is 0.339 e. The van der Waals surface area contributed by atoms with Gasteiger partial charge < -0.3 is 10.1 Å². The van der Waals surface area contributed by atoms with Gasteiger partial charge in [-0.25, -0.2) is 4.79 Å². The fourth-order valence-corrected chi connectivity index (χ4v) is 1.14. The van der Waals surface area contributed by atoms with E-state index in [9.17, 15) is 9.59 Å². The predicted molar refractivity (Wildman–Crippen MR) is 52.5 cm³/mol. The van der Waals surface area contributed by atoms with Crippen molar-refractivity contribution in [3.8, 4) is 0 Å². The molecule has 0 spiro atoms. The number of rotatable bonds is 3. The van der Waals surface area contributed by atoms with Crippen molar-refractivity contribution < 1.29 is 14.3 Å². The Labute approximate surface area is 85.8 Å². The van der Waals surface area contributed by atoms with E-state index in [1.807, 2.05) is 0 Å². The maximum Gasteiger partial charge on any atom is 0.339 e. The highest BCUT2D eigenvalue weighted by molar-refractivity contribution is 6.33. The molecule has 0 aromatic heterocycles. The second kappa shape index (κ2) is 4.62. The van der Waals surface area contributed by atoms with Crippen molar-refractivity contribution >= 4 is 29.7 Å². The average molecular weight is 214 g/mol. The summed E-state index contributed by atoms with van der Waals surface area (Å²) in [5, 5.41) is 2.69. The van der Waals surface area contributed by atoms with E-state index in [4.69, 9.17) is 11.6 Å². The second-order valence-corrected chi connectivity index (χ2v) is 2.86. The molecule has 0 unspecified atom stereocenters. The number of carbonyl (C=O) groups excluding carboxylic acids is 2. The lowest BCUT2D eigenvalue weighted by atomic mass is 10.2. The van der Waals surface area contributed by atoms with Crippen LogP contribution in [0.5, 0.6) is 0 Å². The largest absolute Gasteiger partial charge is 0.465 e. The van der Waals surface area contributed by atoms with Crippen LogP contribution in [0, 0.1) is 0 Å². The van der Waals surface area contributed by atoms with E-state index in [0.717, 1.165) is 0 Å². The molecule has 14 heavy (non-hydrogen) atoms. The van der Waals surface area contributed by atoms with Gasteiger partial charge in [-0.15, -0.1) is 0 Å². The number of amides is 1. The number of carbonyl (C=O) groups is 2. The highest BCUT2D eigenvalue weighted by Crippen LogP contribution is 2.20. The molecule has 1 aromatic rings. The third-order valence-corrected chi connectivity index (χ3v) is 1.93. The maximum absolute atomic E-state index is 11.2. The summed E-state index contributed by atoms with van der Waals surface area (Å²) in [6.45, 7) is 0. The lowest BCUT2D eigenvalue weighted by molar-refractivity contribution is -0.105. The molecule has 1 amide bonds. The Morgan fingerprint density at radius 2 is 2.29 bits per heavy atom. The summed E-state index contributed by atoms with van der Waals surface area (Å²) in [4.78, 5) is 21.3. The zero-order valence-electron chi connectivity index (χ0n) is 7.41. The van der Waals surface area contributed by atoms with Crippen LogP contribution < -0.4 is 5.32 Å². The molecule has 0 atom stereocenters. The first-order valence-corrected chi connectivity index (χ1v) is 4.15. The number of hydrogen-bond acceptors (Lipinski definition) is 3. The third kappa shape index (κ3) is 2.23. The first kappa shape index (κ1) is 10.5. The van der Waals surface area contributed by atoms with E-state index in [-0.39, 0.29) is 10.6 Å². The molecule has 0 saturated heterocycles. The molecule has 0 radical (unpaired) electrons. The first-order valence-electron chi connectivity index (χ1n) is 3.77. The molecular weight excluding hydrogens is 206 g/mol. The van der Waals surface area contributed by atoms with Crippen molar-refractivity contribution in [1.82, 2.24) is 0 Å². The molecule has 4 nitrogen and oxygen atoms in total. The maximum atomic E-state index is 11.2. The van der Waals surface area contributed by atoms with Gasteiger partial charge in [-0.2, -0.15) is 0 Å². The number of methoxy groups -OCH3 is 1. The van der Waals surface area contributed by atoms with E-state index >= 15 is 0 Å². The summed E-state index contributed by atoms with van der Waals surface area (Å²) in [5.41, 5.74) is 0.714. The van der Waals surface area contributed by atoms with E-state index < -0.39 is 5.97 Å². The molecule has 1 rings (SSSR count). The van der Waals surface area contributed by atoms with E-state index in [1.165, 1.54) is 19.2 Å². The Balaban J connectivity index is 3.07. The number of ether oxygens (including phenoxy) is 1. The Hall–Kier alpha value is -1.55. The van der Waals surface area contributed by atoms with E-state index in [1.54, 1.807) is 6.07 Å². The topological polar surface area (TPSA) is 55.4 Å². The van der Waals surface area contributed by atoms with Gasteiger partial charge in [0.25, 0.3) is 0 Å². The standard InChI is InChI=1S/C9H8ClNO3/c1-14-9(13)7-4-6(11-5-12)2-3-8(7)10/h2-5H,1H3,(H,11,12). The molecule has 0 fully saturated rings. The van der Waals surface area contributed by atoms with Crippen molar-refractivity contribution in [3.05, 3.63) is 28.8 Å². The summed E-state index contributed by atoms with van der Waals surface area (Å²) >= 11 is 5.75. The normalized spacial score (nSPS) is 9.29. The lowest BCUT2D eigenvalue weighted by Crippen LogP contribution is -2.03. The fraction of sp³-hybridized carbons (Fsp3) is 0.111. The van der Waals surface area contributed by atoms with Crippen molar-refractivity contribution in [2.24, 2.45) is 0 Å². The third-order valence-electron chi connectivity index (χ3n) is 1.60. The quantitative estimate of drug-likeness (QED) is 0.614. The molecule has 0 aliphatic carbocycles. The molecule has 1 aromatic carbocycles. The number of halogens is 1. The van der Waals surface area contributed by atoms with Crippen molar-refractivity contribution in [2.75, 3.05) is 12.4 Å². The van der Waals surface area contributed by atoms with Gasteiger partial charge in [0.1, 0.15) is 0 Å². The van der Waals surface area contributed by atoms with Crippen LogP contribution in [0.1, 0.15) is 10.4 Å². The Morgan fingerprint density at radius 1 is 1.57 bits per heavy atom. The number of anilines is 1. The Bertz CT molecular complexity index is 365. The summed E-state index contributed by atoms with van der Waals surface area (Å²) in [6.07, 6.45) is 0.518. The number of benzene rings is 1. The summed E-state index contributed by atoms with van der Waals surface area (Å²) in [7, 11) is 1.26. The number of hydrogen-bond donors (Lipinski definition) is 1. The van der Waals surface area contributed by atoms with E-state index in [2.05, 4.69) is 10.1 Å². The van der Waals surface area contributed by atoms with Crippen LogP contribution in [0.25, 0.3) is 0 Å². The van der Waals surface area contributed by atoms with Gasteiger partial charge in [-0.3, -0.25) is 4.79 Å². The number of nitrogens with one attached hydrogen (secondary N) is 1. The molecule has 0 aliphatic heterocycles. The molecular formula is C9H8ClNO3. The Kier molecular flexibility index (Phi) is 3.48. The molecule has 0 bridgehead atoms. The van der Waals surface area contributed by atoms with E-state index in [0.29, 0.717) is 12.1 Å². The Morgan fingerprint density at radius 3 is 2.86 bits per heavy atom. The zero-order chi connectivity index (χ0) is 10.6. The SMILES string of the molecule is COC(=O)c1cc(NC=O)ccc1Cl. The van der Waals surface area contributed by atoms with Gasteiger partial charge in [0, 0.05) is 5.69 Å². The first-order chi connectivity index (χ1) is 6.69. The highest BCUT2D eigenvalue weighted by atomic mass is 35.5. The lowest BCUT2D eigenvalue weighted by Gasteiger charge is -2.04. The van der Waals surface area contributed by atoms with Gasteiger partial charge in [0.15, 0.2) is 0 Å². The monoisotopic (exact) mass is 213 g/mol. The van der Waals surface area contributed by atoms with Gasteiger partial charge in [0.2, 0.25) is 6.41 Å². The van der Waals surface area contributed by atoms with Gasteiger partial charge in [-0.05, 0) is 18.2 Å². The van der Waals surface area contributed by atoms with Crippen molar-refractivity contribution in [2.45, 2.75) is 0 Å². The predicted octanol–water partition coefficient (Wildman–Crippen LogP) is 1.69. The van der Waals surface area contributed by atoms with Crippen LogP contribution in [0.15, 0.2) is 18.2 Å². The zero-order valence-corrected chi connectivity index (χ0v) is 8.17. The molecule has 74 valence electrons. The fourth-order valence-electron chi connectivity index (χ4n) is 0.949. The van der Waals surface area contributed by atoms with Crippen LogP contribution >= 0.6 is 11.6 Å². The number of esters is 1. The minimum atomic E-state index is -0.537. The summed E-state index contributed by atoms with van der Waals surface area (Å²) < 4.78 is 4.51. The minimum absolute atomic E-state index is 0.223. The van der Waals surface area contributed by atoms with Crippen LogP contribution in [0.2, 0.25) is 5.02 Å². The van der Waals surface area contributed by atoms with Crippen molar-refractivity contribution in [1.29, 1.82) is 0 Å². The van der Waals surface area contributed by atoms with Crippen LogP contribution in [-0.2, 0) is 9.53 Å². The van der Waals surface area contributed by atoms with Crippen LogP contribution in [-0.4, -0.2) is 19.5 Å². The van der Waals surface area contributed by atoms with Crippen molar-refractivity contribution in [3.63, 3.8) is 0 Å². The molecule has 5 heteroatoms. The minimum Gasteiger partial charge on any atom is -0.465 e. The van der Waals surface area contributed by atoms with Crippen LogP contribution in [0.4, 0.5) is 5.69 Å². The summed E-state index contributed by atoms with van der Waals surface area (Å²) in [5.74, 6) is -0.537. The average Bonchev–Trinajstić information content (AvgIpc) is 2.20. The molecule has 0 aliphatic rings. The highest BCUT2D eigenvalue weighted by Gasteiger charge is 2.10. The molecule has 1 N–H and O–H groups in total. The second-order valence-electron chi connectivity index (χ2n) is 2.45. The summed E-state index contributed by atoms with van der Waals surface area (Å²) in [6, 6.07) is 4.55. The molecule has 0 heterocycles. The van der Waals surface area contributed by atoms with Gasteiger partial charge >= 0.3 is 5.97 Å².